The van der Waals surface area contributed by atoms with Crippen LogP contribution in [0.4, 0.5) is 0 Å². The molecule has 1 aliphatic carbocycles. The summed E-state index contributed by atoms with van der Waals surface area (Å²) in [6.45, 7) is 0.300. The highest BCUT2D eigenvalue weighted by atomic mass is 16.2. The molecule has 6 heteroatoms. The molecule has 2 amide bonds. The summed E-state index contributed by atoms with van der Waals surface area (Å²) in [5.41, 5.74) is 0.788. The number of hydrogen-bond acceptors (Lipinski definition) is 3. The van der Waals surface area contributed by atoms with E-state index in [-0.39, 0.29) is 17.5 Å². The van der Waals surface area contributed by atoms with E-state index in [1.807, 2.05) is 30.3 Å². The number of amides is 2. The van der Waals surface area contributed by atoms with Gasteiger partial charge in [0, 0.05) is 19.3 Å². The van der Waals surface area contributed by atoms with Crippen molar-refractivity contribution in [3.63, 3.8) is 0 Å². The third-order valence-electron chi connectivity index (χ3n) is 3.93. The van der Waals surface area contributed by atoms with Gasteiger partial charge in [-0.15, -0.1) is 0 Å². The van der Waals surface area contributed by atoms with Crippen LogP contribution in [-0.4, -0.2) is 29.5 Å². The van der Waals surface area contributed by atoms with Crippen LogP contribution in [0.1, 0.15) is 39.1 Å². The van der Waals surface area contributed by atoms with E-state index in [1.165, 1.54) is 23.9 Å². The summed E-state index contributed by atoms with van der Waals surface area (Å²) in [5.74, 6) is -0.757. The quantitative estimate of drug-likeness (QED) is 0.865. The Labute approximate surface area is 139 Å². The Morgan fingerprint density at radius 3 is 2.50 bits per heavy atom. The molecule has 1 heterocycles. The molecule has 1 fully saturated rings. The molecule has 3 rings (SSSR count). The second kappa shape index (κ2) is 6.70. The lowest BCUT2D eigenvalue weighted by Gasteiger charge is -2.11. The zero-order valence-corrected chi connectivity index (χ0v) is 13.4. The number of nitrogens with zero attached hydrogens (tertiary/aromatic N) is 1. The molecule has 0 atom stereocenters. The van der Waals surface area contributed by atoms with Crippen LogP contribution in [0.2, 0.25) is 0 Å². The fourth-order valence-electron chi connectivity index (χ4n) is 2.45. The Hall–Kier alpha value is -2.89. The number of hydrogen-bond donors (Lipinski definition) is 2. The molecule has 124 valence electrons. The van der Waals surface area contributed by atoms with Crippen molar-refractivity contribution in [3.8, 4) is 0 Å². The molecule has 1 saturated carbocycles. The Bertz CT molecular complexity index is 823. The SMILES string of the molecule is CNC(=O)c1cc(C(=O)NC2CC2)cn(Cc2ccccc2)c1=O. The van der Waals surface area contributed by atoms with Crippen molar-refractivity contribution in [3.05, 3.63) is 69.6 Å². The number of pyridine rings is 1. The molecule has 0 radical (unpaired) electrons. The first-order valence-corrected chi connectivity index (χ1v) is 7.90. The summed E-state index contributed by atoms with van der Waals surface area (Å²) in [6.07, 6.45) is 3.45. The molecule has 1 aromatic heterocycles. The highest BCUT2D eigenvalue weighted by Crippen LogP contribution is 2.19. The minimum absolute atomic E-state index is 0.0307. The van der Waals surface area contributed by atoms with Gasteiger partial charge < -0.3 is 15.2 Å². The van der Waals surface area contributed by atoms with Crippen LogP contribution in [0.25, 0.3) is 0 Å². The lowest BCUT2D eigenvalue weighted by molar-refractivity contribution is 0.0950. The molecular weight excluding hydrogens is 306 g/mol. The number of benzene rings is 1. The third kappa shape index (κ3) is 3.53. The van der Waals surface area contributed by atoms with Gasteiger partial charge in [0.1, 0.15) is 5.56 Å². The second-order valence-electron chi connectivity index (χ2n) is 5.89. The van der Waals surface area contributed by atoms with Gasteiger partial charge in [0.2, 0.25) is 0 Å². The Balaban J connectivity index is 2.00. The van der Waals surface area contributed by atoms with Gasteiger partial charge in [-0.2, -0.15) is 0 Å². The molecule has 24 heavy (non-hydrogen) atoms. The summed E-state index contributed by atoms with van der Waals surface area (Å²) < 4.78 is 1.40. The minimum Gasteiger partial charge on any atom is -0.355 e. The molecule has 0 saturated heterocycles. The highest BCUT2D eigenvalue weighted by molar-refractivity contribution is 5.99. The van der Waals surface area contributed by atoms with Crippen molar-refractivity contribution in [2.24, 2.45) is 0 Å². The van der Waals surface area contributed by atoms with Crippen LogP contribution in [-0.2, 0) is 6.54 Å². The smallest absolute Gasteiger partial charge is 0.263 e. The molecule has 0 spiro atoms. The van der Waals surface area contributed by atoms with Crippen molar-refractivity contribution >= 4 is 11.8 Å². The van der Waals surface area contributed by atoms with E-state index in [2.05, 4.69) is 10.6 Å². The van der Waals surface area contributed by atoms with E-state index in [9.17, 15) is 14.4 Å². The highest BCUT2D eigenvalue weighted by Gasteiger charge is 2.25. The summed E-state index contributed by atoms with van der Waals surface area (Å²) in [4.78, 5) is 36.9. The monoisotopic (exact) mass is 325 g/mol. The number of carbonyl (C=O) groups excluding carboxylic acids is 2. The molecule has 0 unspecified atom stereocenters. The lowest BCUT2D eigenvalue weighted by atomic mass is 10.1. The number of carbonyl (C=O) groups is 2. The molecule has 2 N–H and O–H groups in total. The van der Waals surface area contributed by atoms with Gasteiger partial charge in [0.15, 0.2) is 0 Å². The largest absolute Gasteiger partial charge is 0.355 e. The van der Waals surface area contributed by atoms with Crippen LogP contribution < -0.4 is 16.2 Å². The van der Waals surface area contributed by atoms with Crippen LogP contribution >= 0.6 is 0 Å². The summed E-state index contributed by atoms with van der Waals surface area (Å²) in [6, 6.07) is 11.0. The molecule has 2 aromatic rings. The van der Waals surface area contributed by atoms with Gasteiger partial charge in [0.05, 0.1) is 12.1 Å². The summed E-state index contributed by atoms with van der Waals surface area (Å²) >= 11 is 0. The van der Waals surface area contributed by atoms with Gasteiger partial charge in [-0.25, -0.2) is 0 Å². The Kier molecular flexibility index (Phi) is 4.46. The molecule has 1 aromatic carbocycles. The van der Waals surface area contributed by atoms with E-state index in [0.29, 0.717) is 12.1 Å². The summed E-state index contributed by atoms with van der Waals surface area (Å²) in [7, 11) is 1.46. The van der Waals surface area contributed by atoms with Crippen molar-refractivity contribution in [1.82, 2.24) is 15.2 Å². The van der Waals surface area contributed by atoms with Gasteiger partial charge in [-0.3, -0.25) is 14.4 Å². The van der Waals surface area contributed by atoms with Crippen molar-refractivity contribution < 1.29 is 9.59 Å². The average Bonchev–Trinajstić information content (AvgIpc) is 3.40. The normalized spacial score (nSPS) is 13.4. The predicted octanol–water partition coefficient (Wildman–Crippen LogP) is 1.15. The van der Waals surface area contributed by atoms with Crippen molar-refractivity contribution in [2.45, 2.75) is 25.4 Å². The van der Waals surface area contributed by atoms with Crippen molar-refractivity contribution in [1.29, 1.82) is 0 Å². The minimum atomic E-state index is -0.497. The predicted molar refractivity (Wildman–Crippen MR) is 90.1 cm³/mol. The fourth-order valence-corrected chi connectivity index (χ4v) is 2.45. The van der Waals surface area contributed by atoms with E-state index >= 15 is 0 Å². The van der Waals surface area contributed by atoms with E-state index in [0.717, 1.165) is 18.4 Å². The zero-order valence-electron chi connectivity index (χ0n) is 13.4. The first kappa shape index (κ1) is 16.0. The molecule has 1 aliphatic rings. The van der Waals surface area contributed by atoms with E-state index < -0.39 is 11.5 Å². The zero-order chi connectivity index (χ0) is 17.1. The molecule has 0 aliphatic heterocycles. The van der Waals surface area contributed by atoms with Gasteiger partial charge >= 0.3 is 0 Å². The topological polar surface area (TPSA) is 80.2 Å². The fraction of sp³-hybridized carbons (Fsp3) is 0.278. The van der Waals surface area contributed by atoms with E-state index in [1.54, 1.807) is 0 Å². The Morgan fingerprint density at radius 2 is 1.88 bits per heavy atom. The van der Waals surface area contributed by atoms with Gasteiger partial charge in [0.25, 0.3) is 17.4 Å². The third-order valence-corrected chi connectivity index (χ3v) is 3.93. The van der Waals surface area contributed by atoms with Crippen LogP contribution in [0.3, 0.4) is 0 Å². The first-order valence-electron chi connectivity index (χ1n) is 7.90. The molecular formula is C18H19N3O3. The standard InChI is InChI=1S/C18H19N3O3/c1-19-17(23)15-9-13(16(22)20-14-7-8-14)11-21(18(15)24)10-12-5-3-2-4-6-12/h2-6,9,11,14H,7-8,10H2,1H3,(H,19,23)(H,20,22). The average molecular weight is 325 g/mol. The second-order valence-corrected chi connectivity index (χ2v) is 5.89. The lowest BCUT2D eigenvalue weighted by Crippen LogP contribution is -2.34. The first-order chi connectivity index (χ1) is 11.6. The summed E-state index contributed by atoms with van der Waals surface area (Å²) in [5, 5.41) is 5.33. The number of aromatic nitrogens is 1. The van der Waals surface area contributed by atoms with Crippen LogP contribution in [0.15, 0.2) is 47.4 Å². The van der Waals surface area contributed by atoms with Gasteiger partial charge in [-0.05, 0) is 24.5 Å². The van der Waals surface area contributed by atoms with Crippen LogP contribution in [0.5, 0.6) is 0 Å². The van der Waals surface area contributed by atoms with Crippen LogP contribution in [0, 0.1) is 0 Å². The Morgan fingerprint density at radius 1 is 1.17 bits per heavy atom. The maximum atomic E-state index is 12.6. The van der Waals surface area contributed by atoms with E-state index in [4.69, 9.17) is 0 Å². The van der Waals surface area contributed by atoms with Gasteiger partial charge in [-0.1, -0.05) is 30.3 Å². The maximum absolute atomic E-state index is 12.6. The van der Waals surface area contributed by atoms with Crippen molar-refractivity contribution in [2.75, 3.05) is 7.05 Å². The number of nitrogens with one attached hydrogen (secondary N) is 2. The maximum Gasteiger partial charge on any atom is 0.263 e. The molecule has 6 nitrogen and oxygen atoms in total. The molecule has 0 bridgehead atoms. The number of rotatable bonds is 5.